The van der Waals surface area contributed by atoms with Crippen LogP contribution in [-0.2, 0) is 0 Å². The van der Waals surface area contributed by atoms with Crippen molar-refractivity contribution in [1.82, 2.24) is 9.97 Å². The summed E-state index contributed by atoms with van der Waals surface area (Å²) < 4.78 is 13.2. The normalized spacial score (nSPS) is 10.4. The summed E-state index contributed by atoms with van der Waals surface area (Å²) in [5.74, 6) is -1.10. The van der Waals surface area contributed by atoms with Crippen LogP contribution in [0.5, 0.6) is 0 Å². The Morgan fingerprint density at radius 3 is 2.93 bits per heavy atom. The lowest BCUT2D eigenvalue weighted by atomic mass is 10.1. The van der Waals surface area contributed by atoms with Gasteiger partial charge in [0.15, 0.2) is 0 Å². The van der Waals surface area contributed by atoms with Crippen molar-refractivity contribution >= 4 is 16.8 Å². The molecule has 5 heteroatoms. The van der Waals surface area contributed by atoms with E-state index in [9.17, 15) is 9.18 Å². The van der Waals surface area contributed by atoms with Crippen molar-refractivity contribution < 1.29 is 9.18 Å². The molecule has 0 saturated carbocycles. The summed E-state index contributed by atoms with van der Waals surface area (Å²) >= 11 is 0. The minimum Gasteiger partial charge on any atom is -0.366 e. The number of nitrogens with zero attached hydrogens (tertiary/aromatic N) is 2. The standard InChI is InChI=1S/C9H6FN3O/c10-7-2-1-5(9(11)14)8-6(7)3-12-4-13-8/h1-4H,(H2,11,14). The summed E-state index contributed by atoms with van der Waals surface area (Å²) in [4.78, 5) is 18.4. The van der Waals surface area contributed by atoms with Gasteiger partial charge in [0.25, 0.3) is 5.91 Å². The van der Waals surface area contributed by atoms with Gasteiger partial charge in [0.2, 0.25) is 0 Å². The van der Waals surface area contributed by atoms with Crippen LogP contribution >= 0.6 is 0 Å². The number of hydrogen-bond acceptors (Lipinski definition) is 3. The highest BCUT2D eigenvalue weighted by molar-refractivity contribution is 6.04. The summed E-state index contributed by atoms with van der Waals surface area (Å²) in [5, 5.41) is 0.198. The molecule has 0 radical (unpaired) electrons. The van der Waals surface area contributed by atoms with Gasteiger partial charge in [-0.2, -0.15) is 0 Å². The van der Waals surface area contributed by atoms with Crippen LogP contribution in [0.2, 0.25) is 0 Å². The Bertz CT molecular complexity index is 512. The van der Waals surface area contributed by atoms with Gasteiger partial charge in [0.05, 0.1) is 16.5 Å². The molecule has 0 fully saturated rings. The van der Waals surface area contributed by atoms with Crippen LogP contribution in [0.1, 0.15) is 10.4 Å². The molecule has 4 nitrogen and oxygen atoms in total. The summed E-state index contributed by atoms with van der Waals surface area (Å²) in [6.07, 6.45) is 2.55. The van der Waals surface area contributed by atoms with Crippen LogP contribution < -0.4 is 5.73 Å². The molecule has 1 heterocycles. The number of carbonyl (C=O) groups is 1. The van der Waals surface area contributed by atoms with Gasteiger partial charge in [0.1, 0.15) is 12.1 Å². The minimum atomic E-state index is -0.631. The van der Waals surface area contributed by atoms with E-state index in [1.807, 2.05) is 0 Å². The maximum atomic E-state index is 13.2. The predicted molar refractivity (Wildman–Crippen MR) is 48.0 cm³/mol. The maximum absolute atomic E-state index is 13.2. The fraction of sp³-hybridized carbons (Fsp3) is 0. The van der Waals surface area contributed by atoms with Crippen molar-refractivity contribution in [2.24, 2.45) is 5.73 Å². The van der Waals surface area contributed by atoms with Gasteiger partial charge in [-0.15, -0.1) is 0 Å². The van der Waals surface area contributed by atoms with Crippen LogP contribution in [-0.4, -0.2) is 15.9 Å². The molecular weight excluding hydrogens is 185 g/mol. The Kier molecular flexibility index (Phi) is 1.85. The van der Waals surface area contributed by atoms with Gasteiger partial charge in [-0.3, -0.25) is 4.79 Å². The molecular formula is C9H6FN3O. The highest BCUT2D eigenvalue weighted by Gasteiger charge is 2.10. The van der Waals surface area contributed by atoms with Gasteiger partial charge < -0.3 is 5.73 Å². The Morgan fingerprint density at radius 2 is 2.21 bits per heavy atom. The molecule has 2 rings (SSSR count). The van der Waals surface area contributed by atoms with Crippen LogP contribution in [0.4, 0.5) is 4.39 Å². The molecule has 2 N–H and O–H groups in total. The van der Waals surface area contributed by atoms with Crippen molar-refractivity contribution in [1.29, 1.82) is 0 Å². The lowest BCUT2D eigenvalue weighted by molar-refractivity contribution is 0.100. The molecule has 0 saturated heterocycles. The average molecular weight is 191 g/mol. The third-order valence-electron chi connectivity index (χ3n) is 1.89. The number of halogens is 1. The number of rotatable bonds is 1. The van der Waals surface area contributed by atoms with E-state index in [1.165, 1.54) is 24.7 Å². The number of benzene rings is 1. The van der Waals surface area contributed by atoms with E-state index in [-0.39, 0.29) is 16.5 Å². The summed E-state index contributed by atoms with van der Waals surface area (Å²) in [5.41, 5.74) is 5.55. The van der Waals surface area contributed by atoms with E-state index in [1.54, 1.807) is 0 Å². The van der Waals surface area contributed by atoms with Crippen LogP contribution in [0.25, 0.3) is 10.9 Å². The highest BCUT2D eigenvalue weighted by Crippen LogP contribution is 2.17. The second-order valence-corrected chi connectivity index (χ2v) is 2.74. The predicted octanol–water partition coefficient (Wildman–Crippen LogP) is 0.868. The van der Waals surface area contributed by atoms with Gasteiger partial charge >= 0.3 is 0 Å². The van der Waals surface area contributed by atoms with Gasteiger partial charge in [0, 0.05) is 6.20 Å². The summed E-state index contributed by atoms with van der Waals surface area (Å²) in [7, 11) is 0. The highest BCUT2D eigenvalue weighted by atomic mass is 19.1. The number of aromatic nitrogens is 2. The Hall–Kier alpha value is -2.04. The molecule has 2 aromatic rings. The second kappa shape index (κ2) is 3.02. The zero-order valence-electron chi connectivity index (χ0n) is 7.07. The molecule has 1 aromatic heterocycles. The van der Waals surface area contributed by atoms with E-state index in [0.717, 1.165) is 0 Å². The minimum absolute atomic E-state index is 0.198. The first kappa shape index (κ1) is 8.55. The first-order valence-electron chi connectivity index (χ1n) is 3.88. The molecule has 70 valence electrons. The van der Waals surface area contributed by atoms with Crippen molar-refractivity contribution in [2.45, 2.75) is 0 Å². The molecule has 0 atom stereocenters. The first-order chi connectivity index (χ1) is 6.70. The fourth-order valence-electron chi connectivity index (χ4n) is 1.24. The van der Waals surface area contributed by atoms with Crippen LogP contribution in [0.15, 0.2) is 24.7 Å². The third-order valence-corrected chi connectivity index (χ3v) is 1.89. The summed E-state index contributed by atoms with van der Waals surface area (Å²) in [6.45, 7) is 0. The van der Waals surface area contributed by atoms with E-state index < -0.39 is 11.7 Å². The topological polar surface area (TPSA) is 68.9 Å². The fourth-order valence-corrected chi connectivity index (χ4v) is 1.24. The van der Waals surface area contributed by atoms with Crippen molar-refractivity contribution in [3.05, 3.63) is 36.0 Å². The van der Waals surface area contributed by atoms with Crippen LogP contribution in [0.3, 0.4) is 0 Å². The molecule has 14 heavy (non-hydrogen) atoms. The SMILES string of the molecule is NC(=O)c1ccc(F)c2cncnc12. The van der Waals surface area contributed by atoms with Gasteiger partial charge in [-0.1, -0.05) is 0 Å². The number of amides is 1. The number of carbonyl (C=O) groups excluding carboxylic acids is 1. The Morgan fingerprint density at radius 1 is 1.43 bits per heavy atom. The first-order valence-corrected chi connectivity index (χ1v) is 3.88. The number of primary amides is 1. The lowest BCUT2D eigenvalue weighted by Crippen LogP contribution is -2.12. The van der Waals surface area contributed by atoms with Crippen molar-refractivity contribution in [3.8, 4) is 0 Å². The van der Waals surface area contributed by atoms with Crippen molar-refractivity contribution in [2.75, 3.05) is 0 Å². The molecule has 0 unspecified atom stereocenters. The third kappa shape index (κ3) is 1.19. The van der Waals surface area contributed by atoms with Crippen molar-refractivity contribution in [3.63, 3.8) is 0 Å². The van der Waals surface area contributed by atoms with E-state index in [2.05, 4.69) is 9.97 Å². The van der Waals surface area contributed by atoms with Gasteiger partial charge in [-0.05, 0) is 12.1 Å². The monoisotopic (exact) mass is 191 g/mol. The van der Waals surface area contributed by atoms with E-state index in [4.69, 9.17) is 5.73 Å². The second-order valence-electron chi connectivity index (χ2n) is 2.74. The van der Waals surface area contributed by atoms with Gasteiger partial charge in [-0.25, -0.2) is 14.4 Å². The quantitative estimate of drug-likeness (QED) is 0.727. The molecule has 1 aromatic carbocycles. The zero-order valence-corrected chi connectivity index (χ0v) is 7.07. The largest absolute Gasteiger partial charge is 0.366 e. The van der Waals surface area contributed by atoms with E-state index in [0.29, 0.717) is 0 Å². The Balaban J connectivity index is 2.88. The smallest absolute Gasteiger partial charge is 0.250 e. The average Bonchev–Trinajstić information content (AvgIpc) is 2.18. The summed E-state index contributed by atoms with van der Waals surface area (Å²) in [6, 6.07) is 2.48. The number of hydrogen-bond donors (Lipinski definition) is 1. The number of fused-ring (bicyclic) bond motifs is 1. The molecule has 0 bridgehead atoms. The molecule has 0 aliphatic heterocycles. The molecule has 0 spiro atoms. The molecule has 1 amide bonds. The lowest BCUT2D eigenvalue weighted by Gasteiger charge is -2.01. The Labute approximate surface area is 78.6 Å². The zero-order chi connectivity index (χ0) is 10.1. The molecule has 0 aliphatic rings. The number of nitrogens with two attached hydrogens (primary N) is 1. The van der Waals surface area contributed by atoms with E-state index >= 15 is 0 Å². The van der Waals surface area contributed by atoms with Crippen LogP contribution in [0, 0.1) is 5.82 Å². The maximum Gasteiger partial charge on any atom is 0.250 e. The molecule has 0 aliphatic carbocycles.